The molecule has 1 aliphatic rings. The first-order chi connectivity index (χ1) is 8.30. The van der Waals surface area contributed by atoms with Crippen molar-refractivity contribution in [2.75, 3.05) is 5.01 Å². The van der Waals surface area contributed by atoms with Gasteiger partial charge in [-0.25, -0.2) is 0 Å². The molecule has 0 bridgehead atoms. The van der Waals surface area contributed by atoms with Crippen LogP contribution >= 0.6 is 0 Å². The number of hydrogen-bond donors (Lipinski definition) is 1. The van der Waals surface area contributed by atoms with Gasteiger partial charge in [0.25, 0.3) is 15.9 Å². The molecule has 0 spiro atoms. The van der Waals surface area contributed by atoms with Crippen LogP contribution in [0.5, 0.6) is 0 Å². The van der Waals surface area contributed by atoms with E-state index in [2.05, 4.69) is 5.10 Å². The van der Waals surface area contributed by atoms with E-state index < -0.39 is 21.8 Å². The van der Waals surface area contributed by atoms with Crippen LogP contribution in [-0.4, -0.2) is 30.4 Å². The average Bonchev–Trinajstić information content (AvgIpc) is 2.56. The van der Waals surface area contributed by atoms with Crippen molar-refractivity contribution in [2.24, 2.45) is 5.10 Å². The van der Waals surface area contributed by atoms with Crippen LogP contribution in [0, 0.1) is 0 Å². The number of rotatable bonds is 2. The van der Waals surface area contributed by atoms with Crippen molar-refractivity contribution in [3.63, 3.8) is 0 Å². The number of hydrazone groups is 1. The molecule has 0 saturated heterocycles. The van der Waals surface area contributed by atoms with E-state index in [4.69, 9.17) is 4.55 Å². The van der Waals surface area contributed by atoms with Crippen LogP contribution in [0.1, 0.15) is 6.92 Å². The Labute approximate surface area is 102 Å². The fourth-order valence-electron chi connectivity index (χ4n) is 1.43. The first-order valence-electron chi connectivity index (χ1n) is 4.82. The number of carbonyl (C=O) groups excluding carboxylic acids is 2. The summed E-state index contributed by atoms with van der Waals surface area (Å²) in [4.78, 5) is 22.4. The maximum absolute atomic E-state index is 11.5. The van der Waals surface area contributed by atoms with Crippen LogP contribution in [0.4, 0.5) is 5.69 Å². The van der Waals surface area contributed by atoms with Gasteiger partial charge >= 0.3 is 5.91 Å². The Kier molecular flexibility index (Phi) is 2.76. The number of carbonyl (C=O) groups is 2. The predicted molar refractivity (Wildman–Crippen MR) is 61.9 cm³/mol. The van der Waals surface area contributed by atoms with Gasteiger partial charge in [0.05, 0.1) is 10.6 Å². The molecule has 1 aromatic carbocycles. The summed E-state index contributed by atoms with van der Waals surface area (Å²) in [7, 11) is -4.28. The Hall–Kier alpha value is -2.06. The highest BCUT2D eigenvalue weighted by Crippen LogP contribution is 2.21. The largest absolute Gasteiger partial charge is 0.321 e. The van der Waals surface area contributed by atoms with E-state index in [0.717, 1.165) is 17.1 Å². The molecule has 7 nitrogen and oxygen atoms in total. The van der Waals surface area contributed by atoms with Gasteiger partial charge in [-0.1, -0.05) is 0 Å². The topological polar surface area (TPSA) is 104 Å². The molecule has 0 unspecified atom stereocenters. The molecule has 1 N–H and O–H groups in total. The second kappa shape index (κ2) is 4.00. The quantitative estimate of drug-likeness (QED) is 0.610. The highest BCUT2D eigenvalue weighted by molar-refractivity contribution is 7.85. The summed E-state index contributed by atoms with van der Waals surface area (Å²) in [5.74, 6) is -1.50. The molecule has 1 aliphatic heterocycles. The molecule has 0 atom stereocenters. The lowest BCUT2D eigenvalue weighted by Gasteiger charge is -2.10. The maximum Gasteiger partial charge on any atom is 0.321 e. The van der Waals surface area contributed by atoms with Gasteiger partial charge in [0.15, 0.2) is 0 Å². The zero-order valence-electron chi connectivity index (χ0n) is 9.19. The van der Waals surface area contributed by atoms with E-state index in [9.17, 15) is 18.0 Å². The summed E-state index contributed by atoms with van der Waals surface area (Å²) in [5.41, 5.74) is 0.316. The van der Waals surface area contributed by atoms with Crippen molar-refractivity contribution in [2.45, 2.75) is 11.8 Å². The van der Waals surface area contributed by atoms with Crippen molar-refractivity contribution in [3.8, 4) is 0 Å². The fraction of sp³-hybridized carbons (Fsp3) is 0.100. The van der Waals surface area contributed by atoms with Crippen LogP contribution in [0.3, 0.4) is 0 Å². The van der Waals surface area contributed by atoms with Gasteiger partial charge in [0, 0.05) is 0 Å². The molecule has 0 saturated carbocycles. The van der Waals surface area contributed by atoms with Gasteiger partial charge in [0.1, 0.15) is 5.71 Å². The van der Waals surface area contributed by atoms with Crippen LogP contribution in [0.15, 0.2) is 34.3 Å². The molecule has 1 amide bonds. The van der Waals surface area contributed by atoms with E-state index >= 15 is 0 Å². The Morgan fingerprint density at radius 3 is 2.11 bits per heavy atom. The first-order valence-corrected chi connectivity index (χ1v) is 6.26. The number of nitrogens with zero attached hydrogens (tertiary/aromatic N) is 2. The smallest absolute Gasteiger partial charge is 0.282 e. The molecule has 0 aromatic heterocycles. The molecule has 1 heterocycles. The molecule has 18 heavy (non-hydrogen) atoms. The SMILES string of the molecule is CC1=NN(c2ccc(S(=O)(=O)O)cc2)C(=O)C1=O. The summed E-state index contributed by atoms with van der Waals surface area (Å²) >= 11 is 0. The Balaban J connectivity index is 2.38. The minimum absolute atomic E-state index is 0.0684. The van der Waals surface area contributed by atoms with Crippen molar-refractivity contribution in [1.82, 2.24) is 0 Å². The molecule has 0 aliphatic carbocycles. The summed E-state index contributed by atoms with van der Waals surface area (Å²) in [6.07, 6.45) is 0. The van der Waals surface area contributed by atoms with Crippen LogP contribution < -0.4 is 5.01 Å². The van der Waals surface area contributed by atoms with Gasteiger partial charge in [-0.2, -0.15) is 18.5 Å². The molecule has 1 aromatic rings. The first kappa shape index (κ1) is 12.4. The van der Waals surface area contributed by atoms with E-state index in [-0.39, 0.29) is 16.3 Å². The third-order valence-corrected chi connectivity index (χ3v) is 3.21. The minimum Gasteiger partial charge on any atom is -0.282 e. The number of anilines is 1. The lowest BCUT2D eigenvalue weighted by molar-refractivity contribution is -0.131. The molecular weight excluding hydrogens is 260 g/mol. The van der Waals surface area contributed by atoms with E-state index in [1.54, 1.807) is 0 Å². The Bertz CT molecular complexity index is 660. The van der Waals surface area contributed by atoms with Crippen molar-refractivity contribution >= 4 is 33.2 Å². The predicted octanol–water partition coefficient (Wildman–Crippen LogP) is 0.225. The van der Waals surface area contributed by atoms with E-state index in [0.29, 0.717) is 0 Å². The minimum atomic E-state index is -4.28. The van der Waals surface area contributed by atoms with Crippen molar-refractivity contribution in [1.29, 1.82) is 0 Å². The molecular formula is C10H8N2O5S. The average molecular weight is 268 g/mol. The van der Waals surface area contributed by atoms with Crippen molar-refractivity contribution in [3.05, 3.63) is 24.3 Å². The molecule has 94 valence electrons. The Morgan fingerprint density at radius 1 is 1.17 bits per heavy atom. The number of amides is 1. The Morgan fingerprint density at radius 2 is 1.72 bits per heavy atom. The summed E-state index contributed by atoms with van der Waals surface area (Å²) < 4.78 is 30.4. The molecule has 0 radical (unpaired) electrons. The lowest BCUT2D eigenvalue weighted by Crippen LogP contribution is -2.26. The zero-order valence-corrected chi connectivity index (χ0v) is 10.0. The van der Waals surface area contributed by atoms with Gasteiger partial charge in [-0.3, -0.25) is 14.1 Å². The van der Waals surface area contributed by atoms with Crippen LogP contribution in [-0.2, 0) is 19.7 Å². The number of Topliss-reactive ketones (excluding diaryl/α,β-unsaturated/α-hetero) is 1. The highest BCUT2D eigenvalue weighted by Gasteiger charge is 2.32. The van der Waals surface area contributed by atoms with Crippen LogP contribution in [0.2, 0.25) is 0 Å². The highest BCUT2D eigenvalue weighted by atomic mass is 32.2. The number of hydrogen-bond acceptors (Lipinski definition) is 5. The summed E-state index contributed by atoms with van der Waals surface area (Å²) in [6.45, 7) is 1.41. The normalized spacial score (nSPS) is 16.1. The zero-order chi connectivity index (χ0) is 13.5. The van der Waals surface area contributed by atoms with Gasteiger partial charge in [-0.15, -0.1) is 0 Å². The number of benzene rings is 1. The van der Waals surface area contributed by atoms with Gasteiger partial charge < -0.3 is 0 Å². The monoisotopic (exact) mass is 268 g/mol. The maximum atomic E-state index is 11.5. The third-order valence-electron chi connectivity index (χ3n) is 2.34. The van der Waals surface area contributed by atoms with Gasteiger partial charge in [0.2, 0.25) is 0 Å². The van der Waals surface area contributed by atoms with E-state index in [1.165, 1.54) is 19.1 Å². The molecule has 0 fully saturated rings. The number of ketones is 1. The summed E-state index contributed by atoms with van der Waals surface area (Å²) in [6, 6.07) is 4.78. The molecule has 2 rings (SSSR count). The lowest BCUT2D eigenvalue weighted by atomic mass is 10.2. The van der Waals surface area contributed by atoms with Crippen LogP contribution in [0.25, 0.3) is 0 Å². The molecule has 8 heteroatoms. The second-order valence-electron chi connectivity index (χ2n) is 3.60. The summed E-state index contributed by atoms with van der Waals surface area (Å²) in [5, 5.41) is 4.63. The fourth-order valence-corrected chi connectivity index (χ4v) is 1.91. The third kappa shape index (κ3) is 2.03. The van der Waals surface area contributed by atoms with Gasteiger partial charge in [-0.05, 0) is 31.2 Å². The second-order valence-corrected chi connectivity index (χ2v) is 5.02. The van der Waals surface area contributed by atoms with E-state index in [1.807, 2.05) is 0 Å². The van der Waals surface area contributed by atoms with Crippen molar-refractivity contribution < 1.29 is 22.6 Å². The standard InChI is InChI=1S/C10H8N2O5S/c1-6-9(13)10(14)12(11-6)7-2-4-8(5-3-7)18(15,16)17/h2-5H,1H3,(H,15,16,17).